The summed E-state index contributed by atoms with van der Waals surface area (Å²) >= 11 is 0. The maximum Gasteiger partial charge on any atom is 0.253 e. The Labute approximate surface area is 181 Å². The summed E-state index contributed by atoms with van der Waals surface area (Å²) in [5.41, 5.74) is 0. The Morgan fingerprint density at radius 1 is 0.667 bits per heavy atom. The molecule has 0 fully saturated rings. The minimum absolute atomic E-state index is 0.0632. The highest BCUT2D eigenvalue weighted by Crippen LogP contribution is 2.19. The molecule has 0 saturated carbocycles. The van der Waals surface area contributed by atoms with Gasteiger partial charge < -0.3 is 10.6 Å². The predicted octanol–water partition coefficient (Wildman–Crippen LogP) is -0.770. The van der Waals surface area contributed by atoms with Gasteiger partial charge in [0.25, 0.3) is 23.6 Å². The second-order valence-corrected chi connectivity index (χ2v) is 8.87. The van der Waals surface area contributed by atoms with Crippen LogP contribution in [0.4, 0.5) is 0 Å². The quantitative estimate of drug-likeness (QED) is 0.211. The van der Waals surface area contributed by atoms with Crippen molar-refractivity contribution in [3.8, 4) is 0 Å². The van der Waals surface area contributed by atoms with Crippen LogP contribution >= 0.6 is 21.6 Å². The van der Waals surface area contributed by atoms with Crippen molar-refractivity contribution < 1.29 is 28.8 Å². The fourth-order valence-corrected chi connectivity index (χ4v) is 4.30. The van der Waals surface area contributed by atoms with Crippen molar-refractivity contribution in [2.45, 2.75) is 12.8 Å². The standard InChI is InChI=1S/C18H22N4O6S2/c23-13(5-9-21-15(25)1-2-16(21)26)19-7-11-29-30-12-8-20-14(24)6-10-22-17(27)3-4-18(22)28/h1-4H,5-12H2,(H,19,23)(H,20,24). The number of carbonyl (C=O) groups is 6. The van der Waals surface area contributed by atoms with E-state index in [1.807, 2.05) is 0 Å². The number of rotatable bonds is 13. The molecular formula is C18H22N4O6S2. The summed E-state index contributed by atoms with van der Waals surface area (Å²) in [4.78, 5) is 71.0. The van der Waals surface area contributed by atoms with Crippen LogP contribution < -0.4 is 10.6 Å². The Balaban J connectivity index is 1.41. The lowest BCUT2D eigenvalue weighted by molar-refractivity contribution is -0.139. The van der Waals surface area contributed by atoms with Crippen LogP contribution in [0.25, 0.3) is 0 Å². The van der Waals surface area contributed by atoms with Gasteiger partial charge in [0.05, 0.1) is 0 Å². The van der Waals surface area contributed by atoms with Gasteiger partial charge in [-0.1, -0.05) is 21.6 Å². The van der Waals surface area contributed by atoms with Gasteiger partial charge in [0.15, 0.2) is 0 Å². The lowest BCUT2D eigenvalue weighted by Gasteiger charge is -2.13. The molecule has 10 nitrogen and oxygen atoms in total. The van der Waals surface area contributed by atoms with Crippen LogP contribution in [0.2, 0.25) is 0 Å². The second kappa shape index (κ2) is 12.2. The van der Waals surface area contributed by atoms with E-state index >= 15 is 0 Å². The highest BCUT2D eigenvalue weighted by molar-refractivity contribution is 8.76. The maximum atomic E-state index is 11.7. The summed E-state index contributed by atoms with van der Waals surface area (Å²) in [6.45, 7) is 1.03. The van der Waals surface area contributed by atoms with E-state index in [4.69, 9.17) is 0 Å². The monoisotopic (exact) mass is 454 g/mol. The number of hydrogen-bond acceptors (Lipinski definition) is 8. The molecule has 2 rings (SSSR count). The maximum absolute atomic E-state index is 11.7. The smallest absolute Gasteiger partial charge is 0.253 e. The second-order valence-electron chi connectivity index (χ2n) is 6.17. The Morgan fingerprint density at radius 2 is 1.00 bits per heavy atom. The van der Waals surface area contributed by atoms with Crippen LogP contribution in [0.3, 0.4) is 0 Å². The van der Waals surface area contributed by atoms with Gasteiger partial charge in [-0.05, 0) is 0 Å². The molecule has 2 heterocycles. The third-order valence-corrected chi connectivity index (χ3v) is 6.43. The number of carbonyl (C=O) groups excluding carboxylic acids is 6. The third kappa shape index (κ3) is 7.67. The first kappa shape index (κ1) is 23.7. The molecule has 0 aromatic rings. The van der Waals surface area contributed by atoms with Gasteiger partial charge in [-0.25, -0.2) is 0 Å². The van der Waals surface area contributed by atoms with E-state index in [9.17, 15) is 28.8 Å². The Hall–Kier alpha value is -2.60. The molecular weight excluding hydrogens is 432 g/mol. The predicted molar refractivity (Wildman–Crippen MR) is 112 cm³/mol. The summed E-state index contributed by atoms with van der Waals surface area (Å²) in [6.07, 6.45) is 4.86. The van der Waals surface area contributed by atoms with Crippen molar-refractivity contribution in [2.75, 3.05) is 37.7 Å². The molecule has 2 aliphatic rings. The first-order chi connectivity index (χ1) is 14.4. The van der Waals surface area contributed by atoms with E-state index in [2.05, 4.69) is 10.6 Å². The Bertz CT molecular complexity index is 683. The molecule has 2 aliphatic heterocycles. The van der Waals surface area contributed by atoms with E-state index in [0.29, 0.717) is 24.6 Å². The minimum Gasteiger partial charge on any atom is -0.355 e. The summed E-state index contributed by atoms with van der Waals surface area (Å²) in [5, 5.41) is 5.44. The van der Waals surface area contributed by atoms with Crippen molar-refractivity contribution in [1.82, 2.24) is 20.4 Å². The highest BCUT2D eigenvalue weighted by atomic mass is 33.1. The first-order valence-corrected chi connectivity index (χ1v) is 11.7. The van der Waals surface area contributed by atoms with Crippen molar-refractivity contribution >= 4 is 57.0 Å². The van der Waals surface area contributed by atoms with Gasteiger partial charge in [0, 0.05) is 74.8 Å². The number of nitrogens with zero attached hydrogens (tertiary/aromatic N) is 2. The summed E-state index contributed by atoms with van der Waals surface area (Å²) < 4.78 is 0. The average molecular weight is 455 g/mol. The van der Waals surface area contributed by atoms with Crippen LogP contribution in [0.15, 0.2) is 24.3 Å². The molecule has 0 atom stereocenters. The molecule has 12 heteroatoms. The zero-order valence-corrected chi connectivity index (χ0v) is 17.8. The normalized spacial score (nSPS) is 15.5. The molecule has 30 heavy (non-hydrogen) atoms. The molecule has 0 bridgehead atoms. The van der Waals surface area contributed by atoms with Crippen LogP contribution in [0.5, 0.6) is 0 Å². The first-order valence-electron chi connectivity index (χ1n) is 9.23. The zero-order chi connectivity index (χ0) is 21.9. The van der Waals surface area contributed by atoms with Gasteiger partial charge in [0.1, 0.15) is 0 Å². The van der Waals surface area contributed by atoms with Gasteiger partial charge in [-0.2, -0.15) is 0 Å². The van der Waals surface area contributed by atoms with E-state index in [1.165, 1.54) is 24.3 Å². The summed E-state index contributed by atoms with van der Waals surface area (Å²) in [5.74, 6) is -0.733. The Kier molecular flexibility index (Phi) is 9.61. The molecule has 0 aliphatic carbocycles. The largest absolute Gasteiger partial charge is 0.355 e. The van der Waals surface area contributed by atoms with Crippen molar-refractivity contribution in [2.24, 2.45) is 0 Å². The topological polar surface area (TPSA) is 133 Å². The van der Waals surface area contributed by atoms with E-state index < -0.39 is 23.6 Å². The number of nitrogens with one attached hydrogen (secondary N) is 2. The van der Waals surface area contributed by atoms with E-state index in [0.717, 1.165) is 9.80 Å². The van der Waals surface area contributed by atoms with E-state index in [1.54, 1.807) is 21.6 Å². The minimum atomic E-state index is -0.401. The zero-order valence-electron chi connectivity index (χ0n) is 16.1. The van der Waals surface area contributed by atoms with Crippen LogP contribution in [0.1, 0.15) is 12.8 Å². The lowest BCUT2D eigenvalue weighted by atomic mass is 10.3. The summed E-state index contributed by atoms with van der Waals surface area (Å²) in [6, 6.07) is 0. The molecule has 0 radical (unpaired) electrons. The fraction of sp³-hybridized carbons (Fsp3) is 0.444. The van der Waals surface area contributed by atoms with Gasteiger partial charge in [-0.15, -0.1) is 0 Å². The highest BCUT2D eigenvalue weighted by Gasteiger charge is 2.24. The molecule has 6 amide bonds. The fourth-order valence-electron chi connectivity index (χ4n) is 2.49. The molecule has 0 unspecified atom stereocenters. The molecule has 0 aromatic carbocycles. The lowest BCUT2D eigenvalue weighted by Crippen LogP contribution is -2.35. The molecule has 0 spiro atoms. The number of imide groups is 2. The van der Waals surface area contributed by atoms with Crippen molar-refractivity contribution in [3.05, 3.63) is 24.3 Å². The van der Waals surface area contributed by atoms with Gasteiger partial charge in [-0.3, -0.25) is 38.6 Å². The van der Waals surface area contributed by atoms with Crippen molar-refractivity contribution in [1.29, 1.82) is 0 Å². The molecule has 0 aromatic heterocycles. The van der Waals surface area contributed by atoms with Crippen LogP contribution in [0, 0.1) is 0 Å². The summed E-state index contributed by atoms with van der Waals surface area (Å²) in [7, 11) is 3.08. The van der Waals surface area contributed by atoms with Crippen LogP contribution in [-0.2, 0) is 28.8 Å². The SMILES string of the molecule is O=C(CCN1C(=O)C=CC1=O)NCCSSCCNC(=O)CCN1C(=O)C=CC1=O. The van der Waals surface area contributed by atoms with Gasteiger partial charge in [0.2, 0.25) is 11.8 Å². The number of amides is 6. The third-order valence-electron chi connectivity index (χ3n) is 4.02. The van der Waals surface area contributed by atoms with Crippen molar-refractivity contribution in [3.63, 3.8) is 0 Å². The molecule has 0 saturated heterocycles. The average Bonchev–Trinajstić information content (AvgIpc) is 3.21. The van der Waals surface area contributed by atoms with E-state index in [-0.39, 0.29) is 37.7 Å². The number of hydrogen-bond donors (Lipinski definition) is 2. The molecule has 162 valence electrons. The van der Waals surface area contributed by atoms with Crippen LogP contribution in [-0.4, -0.2) is 82.9 Å². The molecule has 2 N–H and O–H groups in total. The van der Waals surface area contributed by atoms with Gasteiger partial charge >= 0.3 is 0 Å². The Morgan fingerprint density at radius 3 is 1.33 bits per heavy atom.